The summed E-state index contributed by atoms with van der Waals surface area (Å²) in [5.74, 6) is 0. The number of hydrogen-bond acceptors (Lipinski definition) is 4. The highest BCUT2D eigenvalue weighted by atomic mass is 32.2. The van der Waals surface area contributed by atoms with Crippen LogP contribution in [-0.4, -0.2) is 40.8 Å². The number of nitrogens with zero attached hydrogens (tertiary/aromatic N) is 4. The first-order chi connectivity index (χ1) is 13.5. The molecule has 0 amide bonds. The van der Waals surface area contributed by atoms with Gasteiger partial charge in [0.25, 0.3) is 0 Å². The van der Waals surface area contributed by atoms with Crippen molar-refractivity contribution < 1.29 is 8.42 Å². The number of benzene rings is 2. The molecule has 1 aliphatic rings. The van der Waals surface area contributed by atoms with Gasteiger partial charge in [0.15, 0.2) is 0 Å². The second kappa shape index (κ2) is 7.69. The molecule has 2 heterocycles. The Hall–Kier alpha value is -2.77. The normalized spacial score (nSPS) is 18.1. The van der Waals surface area contributed by atoms with E-state index in [0.29, 0.717) is 13.1 Å². The molecule has 1 saturated heterocycles. The van der Waals surface area contributed by atoms with Gasteiger partial charge < -0.3 is 0 Å². The van der Waals surface area contributed by atoms with Crippen molar-refractivity contribution in [1.82, 2.24) is 19.3 Å². The lowest BCUT2D eigenvalue weighted by atomic mass is 10.2. The molecular weight excluding hydrogens is 372 g/mol. The number of aryl methyl sites for hydroxylation is 1. The van der Waals surface area contributed by atoms with E-state index in [1.807, 2.05) is 67.7 Å². The van der Waals surface area contributed by atoms with Gasteiger partial charge in [-0.25, -0.2) is 13.1 Å². The Morgan fingerprint density at radius 3 is 2.57 bits per heavy atom. The molecule has 1 aromatic heterocycles. The molecule has 4 rings (SSSR count). The van der Waals surface area contributed by atoms with Crippen LogP contribution in [0.2, 0.25) is 0 Å². The molecule has 0 N–H and O–H groups in total. The van der Waals surface area contributed by atoms with Crippen molar-refractivity contribution in [3.63, 3.8) is 0 Å². The Kier molecular flexibility index (Phi) is 5.11. The minimum atomic E-state index is -3.46. The van der Waals surface area contributed by atoms with Gasteiger partial charge in [-0.1, -0.05) is 65.4 Å². The van der Waals surface area contributed by atoms with Gasteiger partial charge in [-0.3, -0.25) is 0 Å². The van der Waals surface area contributed by atoms with E-state index in [9.17, 15) is 8.42 Å². The summed E-state index contributed by atoms with van der Waals surface area (Å²) < 4.78 is 28.6. The predicted octanol–water partition coefficient (Wildman–Crippen LogP) is 3.50. The van der Waals surface area contributed by atoms with Crippen molar-refractivity contribution in [2.75, 3.05) is 13.1 Å². The fraction of sp³-hybridized carbons (Fsp3) is 0.238. The van der Waals surface area contributed by atoms with Gasteiger partial charge in [0.2, 0.25) is 10.0 Å². The second-order valence-electron chi connectivity index (χ2n) is 7.01. The fourth-order valence-electron chi connectivity index (χ4n) is 3.28. The zero-order chi connectivity index (χ0) is 19.6. The lowest BCUT2D eigenvalue weighted by Gasteiger charge is -2.13. The quantitative estimate of drug-likeness (QED) is 0.664. The first kappa shape index (κ1) is 18.6. The van der Waals surface area contributed by atoms with Crippen molar-refractivity contribution in [1.29, 1.82) is 0 Å². The second-order valence-corrected chi connectivity index (χ2v) is 8.83. The van der Waals surface area contributed by atoms with Gasteiger partial charge in [0, 0.05) is 24.1 Å². The van der Waals surface area contributed by atoms with Gasteiger partial charge >= 0.3 is 0 Å². The molecule has 28 heavy (non-hydrogen) atoms. The summed E-state index contributed by atoms with van der Waals surface area (Å²) in [6.45, 7) is 2.88. The smallest absolute Gasteiger partial charge is 0.236 e. The number of hydrogen-bond donors (Lipinski definition) is 0. The van der Waals surface area contributed by atoms with Crippen LogP contribution < -0.4 is 0 Å². The zero-order valence-corrected chi connectivity index (χ0v) is 16.5. The molecule has 1 atom stereocenters. The summed E-state index contributed by atoms with van der Waals surface area (Å²) in [5.41, 5.74) is 3.80. The SMILES string of the molecule is Cc1ccc(/C=C/S(=O)(=O)N2CCC(n3cc(-c4ccccc4)nn3)C2)cc1. The monoisotopic (exact) mass is 394 g/mol. The minimum absolute atomic E-state index is 0.00693. The molecule has 6 nitrogen and oxygen atoms in total. The summed E-state index contributed by atoms with van der Waals surface area (Å²) in [6, 6.07) is 17.6. The molecule has 0 saturated carbocycles. The molecule has 0 spiro atoms. The highest BCUT2D eigenvalue weighted by Gasteiger charge is 2.31. The third-order valence-electron chi connectivity index (χ3n) is 4.95. The van der Waals surface area contributed by atoms with E-state index >= 15 is 0 Å². The van der Waals surface area contributed by atoms with Gasteiger partial charge in [0.1, 0.15) is 5.69 Å². The van der Waals surface area contributed by atoms with Gasteiger partial charge in [-0.15, -0.1) is 5.10 Å². The van der Waals surface area contributed by atoms with Gasteiger partial charge in [-0.05, 0) is 25.0 Å². The third kappa shape index (κ3) is 4.05. The average molecular weight is 395 g/mol. The van der Waals surface area contributed by atoms with Crippen LogP contribution in [0.5, 0.6) is 0 Å². The van der Waals surface area contributed by atoms with Crippen LogP contribution in [0.15, 0.2) is 66.2 Å². The fourth-order valence-corrected chi connectivity index (χ4v) is 4.52. The Bertz CT molecular complexity index is 1070. The number of sulfonamides is 1. The topological polar surface area (TPSA) is 68.1 Å². The molecule has 0 radical (unpaired) electrons. The molecular formula is C21H22N4O2S. The average Bonchev–Trinajstić information content (AvgIpc) is 3.38. The van der Waals surface area contributed by atoms with Crippen molar-refractivity contribution in [3.05, 3.63) is 77.3 Å². The number of aromatic nitrogens is 3. The Morgan fingerprint density at radius 1 is 1.07 bits per heavy atom. The van der Waals surface area contributed by atoms with E-state index in [4.69, 9.17) is 0 Å². The van der Waals surface area contributed by atoms with Crippen LogP contribution in [0.3, 0.4) is 0 Å². The standard InChI is InChI=1S/C21H22N4O2S/c1-17-7-9-18(10-8-17)12-14-28(26,27)24-13-11-20(15-24)25-16-21(22-23-25)19-5-3-2-4-6-19/h2-10,12,14,16,20H,11,13,15H2,1H3/b14-12+. The first-order valence-electron chi connectivity index (χ1n) is 9.23. The van der Waals surface area contributed by atoms with E-state index in [-0.39, 0.29) is 6.04 Å². The van der Waals surface area contributed by atoms with E-state index in [1.165, 1.54) is 9.71 Å². The number of rotatable bonds is 5. The third-order valence-corrected chi connectivity index (χ3v) is 6.48. The summed E-state index contributed by atoms with van der Waals surface area (Å²) in [4.78, 5) is 0. The van der Waals surface area contributed by atoms with Crippen LogP contribution in [0.1, 0.15) is 23.6 Å². The molecule has 0 aliphatic carbocycles. The van der Waals surface area contributed by atoms with Crippen LogP contribution in [-0.2, 0) is 10.0 Å². The van der Waals surface area contributed by atoms with Crippen molar-refractivity contribution in [2.24, 2.45) is 0 Å². The van der Waals surface area contributed by atoms with Crippen molar-refractivity contribution >= 4 is 16.1 Å². The Morgan fingerprint density at radius 2 is 1.82 bits per heavy atom. The van der Waals surface area contributed by atoms with E-state index < -0.39 is 10.0 Å². The maximum Gasteiger partial charge on any atom is 0.236 e. The van der Waals surface area contributed by atoms with Crippen LogP contribution in [0, 0.1) is 6.92 Å². The van der Waals surface area contributed by atoms with Gasteiger partial charge in [0.05, 0.1) is 12.2 Å². The molecule has 1 aliphatic heterocycles. The van der Waals surface area contributed by atoms with Gasteiger partial charge in [-0.2, -0.15) is 4.31 Å². The van der Waals surface area contributed by atoms with Crippen LogP contribution in [0.25, 0.3) is 17.3 Å². The molecule has 0 bridgehead atoms. The largest absolute Gasteiger partial charge is 0.247 e. The highest BCUT2D eigenvalue weighted by molar-refractivity contribution is 7.92. The van der Waals surface area contributed by atoms with Crippen LogP contribution in [0.4, 0.5) is 0 Å². The van der Waals surface area contributed by atoms with Crippen LogP contribution >= 0.6 is 0 Å². The Balaban J connectivity index is 1.45. The lowest BCUT2D eigenvalue weighted by molar-refractivity contribution is 0.432. The van der Waals surface area contributed by atoms with E-state index in [0.717, 1.165) is 28.8 Å². The lowest BCUT2D eigenvalue weighted by Crippen LogP contribution is -2.27. The highest BCUT2D eigenvalue weighted by Crippen LogP contribution is 2.26. The summed E-state index contributed by atoms with van der Waals surface area (Å²) in [6.07, 6.45) is 4.25. The summed E-state index contributed by atoms with van der Waals surface area (Å²) in [7, 11) is -3.46. The summed E-state index contributed by atoms with van der Waals surface area (Å²) in [5, 5.41) is 9.74. The van der Waals surface area contributed by atoms with Crippen molar-refractivity contribution in [2.45, 2.75) is 19.4 Å². The minimum Gasteiger partial charge on any atom is -0.247 e. The first-order valence-corrected chi connectivity index (χ1v) is 10.7. The maximum atomic E-state index is 12.7. The maximum absolute atomic E-state index is 12.7. The molecule has 3 aromatic rings. The molecule has 1 unspecified atom stereocenters. The molecule has 2 aromatic carbocycles. The van der Waals surface area contributed by atoms with E-state index in [2.05, 4.69) is 10.3 Å². The van der Waals surface area contributed by atoms with E-state index in [1.54, 1.807) is 10.8 Å². The summed E-state index contributed by atoms with van der Waals surface area (Å²) >= 11 is 0. The molecule has 144 valence electrons. The van der Waals surface area contributed by atoms with Crippen molar-refractivity contribution in [3.8, 4) is 11.3 Å². The predicted molar refractivity (Wildman–Crippen MR) is 110 cm³/mol. The zero-order valence-electron chi connectivity index (χ0n) is 15.6. The molecule has 7 heteroatoms. The Labute approximate surface area is 165 Å². The molecule has 1 fully saturated rings.